The molecule has 0 amide bonds. The number of ketones is 1. The molecule has 220 valence electrons. The van der Waals surface area contributed by atoms with Gasteiger partial charge in [-0.05, 0) is 73.9 Å². The van der Waals surface area contributed by atoms with Crippen molar-refractivity contribution in [2.45, 2.75) is 25.3 Å². The minimum absolute atomic E-state index is 0.0756. The van der Waals surface area contributed by atoms with Gasteiger partial charge in [0, 0.05) is 24.1 Å². The second-order valence-electron chi connectivity index (χ2n) is 11.2. The van der Waals surface area contributed by atoms with Crippen molar-refractivity contribution < 1.29 is 31.5 Å². The summed E-state index contributed by atoms with van der Waals surface area (Å²) in [5, 5.41) is 0.461. The van der Waals surface area contributed by atoms with E-state index in [1.807, 2.05) is 17.7 Å². The molecule has 4 aromatic rings. The molecular formula is C30H25F2N5O5S. The van der Waals surface area contributed by atoms with Crippen LogP contribution in [0.25, 0.3) is 22.4 Å². The van der Waals surface area contributed by atoms with Gasteiger partial charge in [0.05, 0.1) is 29.2 Å². The molecule has 0 unspecified atom stereocenters. The molecule has 2 fully saturated rings. The van der Waals surface area contributed by atoms with Crippen LogP contribution in [-0.2, 0) is 14.9 Å². The van der Waals surface area contributed by atoms with E-state index in [0.29, 0.717) is 48.4 Å². The van der Waals surface area contributed by atoms with Crippen molar-refractivity contribution in [2.24, 2.45) is 0 Å². The summed E-state index contributed by atoms with van der Waals surface area (Å²) in [6.07, 6.45) is 1.01. The molecule has 13 heteroatoms. The fraction of sp³-hybridized carbons (Fsp3) is 0.233. The molecule has 0 aliphatic carbocycles. The number of nitrogens with one attached hydrogen (secondary N) is 2. The van der Waals surface area contributed by atoms with Crippen molar-refractivity contribution in [3.05, 3.63) is 89.2 Å². The maximum Gasteiger partial charge on any atom is 0.302 e. The fourth-order valence-electron chi connectivity index (χ4n) is 5.99. The lowest BCUT2D eigenvalue weighted by molar-refractivity contribution is 0.0537. The highest BCUT2D eigenvalue weighted by Gasteiger charge is 2.49. The number of hydrogen-bond donors (Lipinski definition) is 2. The van der Waals surface area contributed by atoms with Crippen molar-refractivity contribution in [1.29, 1.82) is 0 Å². The lowest BCUT2D eigenvalue weighted by Crippen LogP contribution is -2.47. The van der Waals surface area contributed by atoms with E-state index < -0.39 is 27.4 Å². The molecule has 10 nitrogen and oxygen atoms in total. The van der Waals surface area contributed by atoms with Crippen molar-refractivity contribution in [2.75, 3.05) is 24.1 Å². The maximum atomic E-state index is 15.3. The first-order valence-electron chi connectivity index (χ1n) is 13.8. The molecule has 4 aliphatic heterocycles. The first-order chi connectivity index (χ1) is 20.6. The minimum atomic E-state index is -3.95. The van der Waals surface area contributed by atoms with E-state index >= 15 is 4.39 Å². The summed E-state index contributed by atoms with van der Waals surface area (Å²) < 4.78 is 73.6. The largest absolute Gasteiger partial charge is 0.454 e. The Balaban J connectivity index is 1.02. The van der Waals surface area contributed by atoms with Gasteiger partial charge in [-0.25, -0.2) is 18.1 Å². The van der Waals surface area contributed by atoms with Crippen LogP contribution < -0.4 is 13.8 Å². The Morgan fingerprint density at radius 2 is 1.74 bits per heavy atom. The van der Waals surface area contributed by atoms with Crippen molar-refractivity contribution >= 4 is 32.6 Å². The fourth-order valence-corrected chi connectivity index (χ4v) is 7.73. The van der Waals surface area contributed by atoms with Gasteiger partial charge in [-0.1, -0.05) is 12.1 Å². The normalized spacial score (nSPS) is 18.1. The third kappa shape index (κ3) is 4.18. The molecule has 5 heterocycles. The van der Waals surface area contributed by atoms with E-state index in [0.717, 1.165) is 21.4 Å². The van der Waals surface area contributed by atoms with E-state index in [2.05, 4.69) is 9.71 Å². The van der Waals surface area contributed by atoms with Crippen LogP contribution in [-0.4, -0.2) is 53.8 Å². The third-order valence-corrected chi connectivity index (χ3v) is 9.94. The van der Waals surface area contributed by atoms with Gasteiger partial charge in [0.2, 0.25) is 5.78 Å². The first-order valence-corrected chi connectivity index (χ1v) is 15.2. The number of halogens is 2. The van der Waals surface area contributed by atoms with E-state index in [9.17, 15) is 17.6 Å². The number of H-pyrrole nitrogens is 1. The van der Waals surface area contributed by atoms with Gasteiger partial charge in [-0.15, -0.1) is 0 Å². The summed E-state index contributed by atoms with van der Waals surface area (Å²) in [5.74, 6) is -0.00365. The second kappa shape index (κ2) is 9.02. The number of aromatic amines is 1. The molecule has 4 aliphatic rings. The SMILES string of the molecule is Cc1cc(Oc2ccccc2F)ccc1-n1c2c(C(=O)c3cc4cc(F)c(N5CC6(CCOCC6)NS5(=O)=O)cc4[nH]3)n1-2. The van der Waals surface area contributed by atoms with Gasteiger partial charge in [0.15, 0.2) is 23.1 Å². The highest BCUT2D eigenvalue weighted by atomic mass is 32.2. The zero-order chi connectivity index (χ0) is 29.7. The van der Waals surface area contributed by atoms with E-state index in [1.165, 1.54) is 18.2 Å². The van der Waals surface area contributed by atoms with Crippen LogP contribution in [0.1, 0.15) is 34.6 Å². The molecule has 0 saturated carbocycles. The van der Waals surface area contributed by atoms with Crippen LogP contribution in [0.5, 0.6) is 11.5 Å². The lowest BCUT2D eigenvalue weighted by Gasteiger charge is -2.31. The Kier molecular flexibility index (Phi) is 5.49. The van der Waals surface area contributed by atoms with Crippen LogP contribution in [0.3, 0.4) is 0 Å². The smallest absolute Gasteiger partial charge is 0.302 e. The minimum Gasteiger partial charge on any atom is -0.454 e. The number of carbonyl (C=O) groups is 1. The van der Waals surface area contributed by atoms with E-state index in [1.54, 1.807) is 41.1 Å². The first kappa shape index (κ1) is 26.2. The lowest BCUT2D eigenvalue weighted by atomic mass is 9.91. The quantitative estimate of drug-likeness (QED) is 0.263. The summed E-state index contributed by atoms with van der Waals surface area (Å²) in [4.78, 5) is 16.3. The molecule has 1 spiro atoms. The molecular weight excluding hydrogens is 580 g/mol. The molecule has 43 heavy (non-hydrogen) atoms. The van der Waals surface area contributed by atoms with Gasteiger partial charge in [0.1, 0.15) is 11.6 Å². The maximum absolute atomic E-state index is 15.3. The standard InChI is InChI=1S/C30H25F2N5O5S/c1-17-12-19(42-26-5-3-2-4-20(26)31)6-7-24(17)36-29-27(37(29)36)28(38)23-14-18-13-21(32)25(15-22(18)33-23)35-16-30(34-43(35,39)40)8-10-41-11-9-30/h2-7,12-15,33-34H,8-11,16H2,1H3. The number of carbonyl (C=O) groups excluding carboxylic acids is 1. The predicted octanol–water partition coefficient (Wildman–Crippen LogP) is 4.88. The van der Waals surface area contributed by atoms with Gasteiger partial charge < -0.3 is 14.5 Å². The number of aromatic nitrogens is 3. The Hall–Kier alpha value is -4.46. The number of fused-ring (bicyclic) bond motifs is 2. The van der Waals surface area contributed by atoms with Gasteiger partial charge in [-0.3, -0.25) is 9.10 Å². The van der Waals surface area contributed by atoms with Crippen molar-refractivity contribution in [3.8, 4) is 23.0 Å². The van der Waals surface area contributed by atoms with E-state index in [-0.39, 0.29) is 29.5 Å². The summed E-state index contributed by atoms with van der Waals surface area (Å²) in [6.45, 7) is 2.86. The Morgan fingerprint density at radius 1 is 0.977 bits per heavy atom. The molecule has 8 rings (SSSR count). The second-order valence-corrected chi connectivity index (χ2v) is 12.8. The molecule has 0 atom stereocenters. The zero-order valence-electron chi connectivity index (χ0n) is 22.9. The van der Waals surface area contributed by atoms with Gasteiger partial charge >= 0.3 is 10.2 Å². The van der Waals surface area contributed by atoms with Gasteiger partial charge in [-0.2, -0.15) is 13.1 Å². The van der Waals surface area contributed by atoms with Gasteiger partial charge in [0.25, 0.3) is 0 Å². The van der Waals surface area contributed by atoms with E-state index in [4.69, 9.17) is 9.47 Å². The Morgan fingerprint density at radius 3 is 2.49 bits per heavy atom. The molecule has 0 radical (unpaired) electrons. The van der Waals surface area contributed by atoms with Crippen molar-refractivity contribution in [3.63, 3.8) is 0 Å². The topological polar surface area (TPSA) is 111 Å². The summed E-state index contributed by atoms with van der Waals surface area (Å²) in [5.41, 5.74) is 2.22. The van der Waals surface area contributed by atoms with Crippen LogP contribution in [0.15, 0.2) is 60.7 Å². The molecule has 1 aromatic heterocycles. The molecule has 2 saturated heterocycles. The number of aryl methyl sites for hydroxylation is 1. The average molecular weight is 606 g/mol. The highest BCUT2D eigenvalue weighted by Crippen LogP contribution is 2.45. The number of benzene rings is 3. The van der Waals surface area contributed by atoms with Crippen LogP contribution in [0.4, 0.5) is 14.5 Å². The number of para-hydroxylation sites is 1. The van der Waals surface area contributed by atoms with Crippen LogP contribution >= 0.6 is 0 Å². The number of hydrogen-bond acceptors (Lipinski definition) is 5. The third-order valence-electron chi connectivity index (χ3n) is 8.34. The Bertz CT molecular complexity index is 2070. The highest BCUT2D eigenvalue weighted by molar-refractivity contribution is 7.91. The van der Waals surface area contributed by atoms with Crippen LogP contribution in [0, 0.1) is 18.6 Å². The monoisotopic (exact) mass is 605 g/mol. The molecule has 3 aromatic carbocycles. The average Bonchev–Trinajstić information content (AvgIpc) is 3.81. The summed E-state index contributed by atoms with van der Waals surface area (Å²) >= 11 is 0. The van der Waals surface area contributed by atoms with Crippen molar-refractivity contribution in [1.82, 2.24) is 19.1 Å². The number of ether oxygens (including phenoxy) is 2. The number of rotatable bonds is 6. The molecule has 2 N–H and O–H groups in total. The predicted molar refractivity (Wildman–Crippen MR) is 154 cm³/mol. The number of anilines is 1. The molecule has 0 bridgehead atoms. The van der Waals surface area contributed by atoms with Crippen LogP contribution in [0.2, 0.25) is 0 Å². The summed E-state index contributed by atoms with van der Waals surface area (Å²) in [7, 11) is -3.95. The Labute approximate surface area is 244 Å². The zero-order valence-corrected chi connectivity index (χ0v) is 23.7. The summed E-state index contributed by atoms with van der Waals surface area (Å²) in [6, 6.07) is 15.8. The number of nitrogens with zero attached hydrogens (tertiary/aromatic N) is 3.